The first-order chi connectivity index (χ1) is 19.9. The van der Waals surface area contributed by atoms with E-state index in [2.05, 4.69) is 15.4 Å². The SMILES string of the molecule is COCCNc1nc(NCC2CCC(CNS(=O)(=O)c3cccc4c(N(C)C)cccc34)CC2)nc2ccccc12. The third-order valence-corrected chi connectivity index (χ3v) is 9.39. The molecule has 10 heteroatoms. The van der Waals surface area contributed by atoms with Gasteiger partial charge in [0.15, 0.2) is 0 Å². The smallest absolute Gasteiger partial charge is 0.241 e. The molecule has 9 nitrogen and oxygen atoms in total. The topological polar surface area (TPSA) is 108 Å². The highest BCUT2D eigenvalue weighted by atomic mass is 32.2. The second-order valence-corrected chi connectivity index (χ2v) is 12.7. The number of aromatic nitrogens is 2. The van der Waals surface area contributed by atoms with Crippen LogP contribution in [0.5, 0.6) is 0 Å². The summed E-state index contributed by atoms with van der Waals surface area (Å²) >= 11 is 0. The predicted molar refractivity (Wildman–Crippen MR) is 167 cm³/mol. The zero-order chi connectivity index (χ0) is 28.8. The van der Waals surface area contributed by atoms with Crippen molar-refractivity contribution in [1.82, 2.24) is 14.7 Å². The van der Waals surface area contributed by atoms with Gasteiger partial charge < -0.3 is 20.3 Å². The van der Waals surface area contributed by atoms with E-state index in [0.29, 0.717) is 42.4 Å². The Hall–Kier alpha value is -3.47. The third-order valence-electron chi connectivity index (χ3n) is 7.91. The minimum absolute atomic E-state index is 0.321. The van der Waals surface area contributed by atoms with Crippen LogP contribution in [-0.2, 0) is 14.8 Å². The van der Waals surface area contributed by atoms with Crippen LogP contribution in [0.25, 0.3) is 21.7 Å². The van der Waals surface area contributed by atoms with Crippen LogP contribution < -0.4 is 20.3 Å². The zero-order valence-corrected chi connectivity index (χ0v) is 24.9. The summed E-state index contributed by atoms with van der Waals surface area (Å²) in [4.78, 5) is 11.8. The summed E-state index contributed by atoms with van der Waals surface area (Å²) in [7, 11) is 1.98. The molecule has 218 valence electrons. The van der Waals surface area contributed by atoms with Gasteiger partial charge in [0.2, 0.25) is 16.0 Å². The summed E-state index contributed by atoms with van der Waals surface area (Å²) in [5.74, 6) is 2.23. The lowest BCUT2D eigenvalue weighted by Crippen LogP contribution is -2.32. The predicted octanol–water partition coefficient (Wildman–Crippen LogP) is 5.10. The molecule has 0 unspecified atom stereocenters. The van der Waals surface area contributed by atoms with Crippen LogP contribution in [0, 0.1) is 11.8 Å². The van der Waals surface area contributed by atoms with Crippen molar-refractivity contribution >= 4 is 49.2 Å². The molecule has 0 spiro atoms. The number of rotatable bonds is 12. The van der Waals surface area contributed by atoms with Crippen LogP contribution in [0.4, 0.5) is 17.5 Å². The Labute approximate surface area is 242 Å². The van der Waals surface area contributed by atoms with Crippen molar-refractivity contribution in [2.45, 2.75) is 30.6 Å². The van der Waals surface area contributed by atoms with Crippen molar-refractivity contribution in [3.8, 4) is 0 Å². The van der Waals surface area contributed by atoms with Gasteiger partial charge in [0.25, 0.3) is 0 Å². The Morgan fingerprint density at radius 1 is 0.829 bits per heavy atom. The van der Waals surface area contributed by atoms with Crippen LogP contribution in [0.1, 0.15) is 25.7 Å². The van der Waals surface area contributed by atoms with Gasteiger partial charge in [0.1, 0.15) is 5.82 Å². The molecule has 0 radical (unpaired) electrons. The number of nitrogens with one attached hydrogen (secondary N) is 3. The lowest BCUT2D eigenvalue weighted by molar-refractivity contribution is 0.210. The minimum Gasteiger partial charge on any atom is -0.383 e. The van der Waals surface area contributed by atoms with E-state index in [4.69, 9.17) is 14.7 Å². The number of fused-ring (bicyclic) bond motifs is 2. The molecule has 0 aliphatic heterocycles. The molecule has 0 bridgehead atoms. The number of hydrogen-bond acceptors (Lipinski definition) is 8. The normalized spacial score (nSPS) is 17.5. The average Bonchev–Trinajstić information content (AvgIpc) is 2.99. The quantitative estimate of drug-likeness (QED) is 0.200. The molecule has 1 fully saturated rings. The molecule has 1 aliphatic carbocycles. The molecular weight excluding hydrogens is 536 g/mol. The Balaban J connectivity index is 1.16. The van der Waals surface area contributed by atoms with E-state index in [1.54, 1.807) is 13.2 Å². The second kappa shape index (κ2) is 13.0. The van der Waals surface area contributed by atoms with E-state index >= 15 is 0 Å². The molecule has 0 amide bonds. The zero-order valence-electron chi connectivity index (χ0n) is 24.1. The summed E-state index contributed by atoms with van der Waals surface area (Å²) < 4.78 is 34.8. The summed E-state index contributed by atoms with van der Waals surface area (Å²) in [6, 6.07) is 19.3. The van der Waals surface area contributed by atoms with E-state index in [1.165, 1.54) is 0 Å². The Bertz CT molecular complexity index is 1590. The number of nitrogens with zero attached hydrogens (tertiary/aromatic N) is 3. The van der Waals surface area contributed by atoms with Gasteiger partial charge in [-0.05, 0) is 61.8 Å². The fourth-order valence-electron chi connectivity index (χ4n) is 5.63. The molecule has 1 aromatic heterocycles. The number of para-hydroxylation sites is 1. The van der Waals surface area contributed by atoms with E-state index in [1.807, 2.05) is 73.6 Å². The summed E-state index contributed by atoms with van der Waals surface area (Å²) in [6.07, 6.45) is 4.04. The van der Waals surface area contributed by atoms with E-state index in [-0.39, 0.29) is 0 Å². The van der Waals surface area contributed by atoms with Gasteiger partial charge in [-0.15, -0.1) is 0 Å². The number of anilines is 3. The summed E-state index contributed by atoms with van der Waals surface area (Å²) in [5.41, 5.74) is 1.89. The van der Waals surface area contributed by atoms with Crippen molar-refractivity contribution < 1.29 is 13.2 Å². The van der Waals surface area contributed by atoms with E-state index in [0.717, 1.165) is 65.4 Å². The number of benzene rings is 3. The molecule has 1 aliphatic rings. The van der Waals surface area contributed by atoms with Crippen molar-refractivity contribution in [2.75, 3.05) is 63.0 Å². The first kappa shape index (κ1) is 29.0. The summed E-state index contributed by atoms with van der Waals surface area (Å²) in [5, 5.41) is 9.47. The highest BCUT2D eigenvalue weighted by Gasteiger charge is 2.25. The fourth-order valence-corrected chi connectivity index (χ4v) is 6.97. The first-order valence-electron chi connectivity index (χ1n) is 14.3. The lowest BCUT2D eigenvalue weighted by atomic mass is 9.82. The molecule has 41 heavy (non-hydrogen) atoms. The molecule has 0 atom stereocenters. The maximum Gasteiger partial charge on any atom is 0.241 e. The number of hydrogen-bond donors (Lipinski definition) is 3. The second-order valence-electron chi connectivity index (χ2n) is 11.0. The summed E-state index contributed by atoms with van der Waals surface area (Å²) in [6.45, 7) is 2.51. The lowest BCUT2D eigenvalue weighted by Gasteiger charge is -2.28. The van der Waals surface area contributed by atoms with Gasteiger partial charge in [-0.1, -0.05) is 36.4 Å². The number of methoxy groups -OCH3 is 1. The van der Waals surface area contributed by atoms with Crippen LogP contribution in [0.3, 0.4) is 0 Å². The molecular formula is C31H40N6O3S. The van der Waals surface area contributed by atoms with Crippen LogP contribution in [0.2, 0.25) is 0 Å². The van der Waals surface area contributed by atoms with Crippen molar-refractivity contribution in [3.05, 3.63) is 60.7 Å². The van der Waals surface area contributed by atoms with Gasteiger partial charge in [0.05, 0.1) is 17.0 Å². The Morgan fingerprint density at radius 2 is 1.51 bits per heavy atom. The van der Waals surface area contributed by atoms with E-state index < -0.39 is 10.0 Å². The Kier molecular flexibility index (Phi) is 9.22. The molecule has 3 N–H and O–H groups in total. The molecule has 1 saturated carbocycles. The van der Waals surface area contributed by atoms with Gasteiger partial charge in [-0.25, -0.2) is 18.1 Å². The van der Waals surface area contributed by atoms with Gasteiger partial charge >= 0.3 is 0 Å². The van der Waals surface area contributed by atoms with E-state index in [9.17, 15) is 8.42 Å². The maximum absolute atomic E-state index is 13.3. The van der Waals surface area contributed by atoms with Gasteiger partial charge in [-0.3, -0.25) is 0 Å². The highest BCUT2D eigenvalue weighted by molar-refractivity contribution is 7.89. The van der Waals surface area contributed by atoms with Crippen molar-refractivity contribution in [2.24, 2.45) is 11.8 Å². The molecule has 5 rings (SSSR count). The monoisotopic (exact) mass is 576 g/mol. The number of ether oxygens (including phenoxy) is 1. The van der Waals surface area contributed by atoms with Crippen molar-refractivity contribution in [3.63, 3.8) is 0 Å². The molecule has 0 saturated heterocycles. The molecule has 4 aromatic rings. The third kappa shape index (κ3) is 6.89. The van der Waals surface area contributed by atoms with Crippen molar-refractivity contribution in [1.29, 1.82) is 0 Å². The largest absolute Gasteiger partial charge is 0.383 e. The number of sulfonamides is 1. The van der Waals surface area contributed by atoms with Gasteiger partial charge in [-0.2, -0.15) is 4.98 Å². The fraction of sp³-hybridized carbons (Fsp3) is 0.419. The van der Waals surface area contributed by atoms with Gasteiger partial charge in [0, 0.05) is 62.7 Å². The first-order valence-corrected chi connectivity index (χ1v) is 15.8. The molecule has 3 aromatic carbocycles. The van der Waals surface area contributed by atoms with Crippen LogP contribution in [-0.4, -0.2) is 65.8 Å². The molecule has 1 heterocycles. The minimum atomic E-state index is -3.63. The maximum atomic E-state index is 13.3. The highest BCUT2D eigenvalue weighted by Crippen LogP contribution is 2.32. The van der Waals surface area contributed by atoms with Crippen LogP contribution >= 0.6 is 0 Å². The van der Waals surface area contributed by atoms with Crippen LogP contribution in [0.15, 0.2) is 65.6 Å². The Morgan fingerprint density at radius 3 is 2.27 bits per heavy atom. The average molecular weight is 577 g/mol. The standard InChI is InChI=1S/C31H40N6O3S/c1-37(2)28-12-6-10-25-24(28)9-7-13-29(25)41(38,39)34-21-23-16-14-22(15-17-23)20-33-31-35-27-11-5-4-8-26(27)30(36-31)32-18-19-40-3/h4-13,22-23,34H,14-21H2,1-3H3,(H2,32,33,35,36).